The molecule has 0 aromatic heterocycles. The molecule has 0 N–H and O–H groups in total. The highest BCUT2D eigenvalue weighted by atomic mass is 16.6. The molecule has 0 aliphatic carbocycles. The molecule has 0 fully saturated rings. The van der Waals surface area contributed by atoms with Crippen molar-refractivity contribution in [3.63, 3.8) is 0 Å². The minimum atomic E-state index is -1.01. The van der Waals surface area contributed by atoms with Crippen molar-refractivity contribution < 1.29 is 26.5 Å². The van der Waals surface area contributed by atoms with E-state index in [0.29, 0.717) is 6.42 Å². The molecule has 0 bridgehead atoms. The number of ether oxygens (including phenoxy) is 3. The van der Waals surface area contributed by atoms with Crippen molar-refractivity contribution in [2.24, 2.45) is 0 Å². The molecule has 2 unspecified atom stereocenters. The second-order valence-electron chi connectivity index (χ2n) is 7.42. The van der Waals surface area contributed by atoms with Crippen LogP contribution in [-0.2, 0) is 23.8 Å². The Labute approximate surface area is 175 Å². The summed E-state index contributed by atoms with van der Waals surface area (Å²) in [6, 6.07) is 0. The molecule has 0 saturated heterocycles. The molecule has 0 radical (unpaired) electrons. The van der Waals surface area contributed by atoms with E-state index in [9.17, 15) is 9.59 Å². The summed E-state index contributed by atoms with van der Waals surface area (Å²) in [5.41, 5.74) is 0. The molecule has 3 atom stereocenters. The molecular weight excluding hydrogens is 356 g/mol. The lowest BCUT2D eigenvalue weighted by atomic mass is 10.0. The van der Waals surface area contributed by atoms with E-state index in [1.165, 1.54) is 78.1 Å². The topological polar surface area (TPSA) is 61.8 Å². The average Bonchev–Trinajstić information content (AvgIpc) is 2.69. The van der Waals surface area contributed by atoms with Crippen LogP contribution >= 0.6 is 0 Å². The first kappa shape index (κ1) is 23.2. The van der Waals surface area contributed by atoms with Gasteiger partial charge < -0.3 is 14.2 Å². The molecule has 0 aliphatic heterocycles. The average molecular weight is 405 g/mol. The van der Waals surface area contributed by atoms with E-state index in [2.05, 4.69) is 6.92 Å². The molecule has 0 amide bonds. The summed E-state index contributed by atoms with van der Waals surface area (Å²) in [4.78, 5) is 22.0. The molecule has 0 aromatic carbocycles. The number of hydrogen-bond donors (Lipinski definition) is 0. The zero-order valence-corrected chi connectivity index (χ0v) is 18.4. The van der Waals surface area contributed by atoms with Crippen LogP contribution in [0.1, 0.15) is 113 Å². The van der Waals surface area contributed by atoms with E-state index in [1.54, 1.807) is 0 Å². The van der Waals surface area contributed by atoms with E-state index < -0.39 is 31.0 Å². The quantitative estimate of drug-likeness (QED) is 0.184. The Balaban J connectivity index is 3.73. The van der Waals surface area contributed by atoms with Gasteiger partial charge in [-0.2, -0.15) is 0 Å². The largest absolute Gasteiger partial charge is 0.462 e. The van der Waals surface area contributed by atoms with E-state index in [0.717, 1.165) is 12.8 Å². The maximum absolute atomic E-state index is 11.1. The van der Waals surface area contributed by atoms with Gasteiger partial charge in [-0.1, -0.05) is 90.4 Å². The third-order valence-electron chi connectivity index (χ3n) is 4.50. The molecule has 5 heteroatoms. The predicted octanol–water partition coefficient (Wildman–Crippen LogP) is 5.98. The zero-order chi connectivity index (χ0) is 22.6. The van der Waals surface area contributed by atoms with Crippen molar-refractivity contribution in [2.45, 2.75) is 117 Å². The van der Waals surface area contributed by atoms with Gasteiger partial charge in [-0.05, 0) is 6.40 Å². The maximum Gasteiger partial charge on any atom is 0.303 e. The lowest BCUT2D eigenvalue weighted by Crippen LogP contribution is -2.28. The fourth-order valence-corrected chi connectivity index (χ4v) is 2.96. The van der Waals surface area contributed by atoms with Crippen molar-refractivity contribution in [3.8, 4) is 0 Å². The van der Waals surface area contributed by atoms with Crippen LogP contribution in [0.5, 0.6) is 0 Å². The van der Waals surface area contributed by atoms with Gasteiger partial charge in [0.2, 0.25) is 0 Å². The number of carbonyl (C=O) groups is 2. The Morgan fingerprint density at radius 3 is 1.71 bits per heavy atom. The molecule has 166 valence electrons. The summed E-state index contributed by atoms with van der Waals surface area (Å²) in [5, 5.41) is 0. The highest BCUT2D eigenvalue weighted by Crippen LogP contribution is 2.13. The summed E-state index contributed by atoms with van der Waals surface area (Å²) in [6.45, 7) is 3.61. The molecule has 0 aromatic rings. The van der Waals surface area contributed by atoms with Crippen LogP contribution in [0.2, 0.25) is 0 Å². The number of hydrogen-bond acceptors (Lipinski definition) is 5. The van der Waals surface area contributed by atoms with Gasteiger partial charge in [-0.25, -0.2) is 0 Å². The van der Waals surface area contributed by atoms with E-state index in [-0.39, 0.29) is 13.2 Å². The third-order valence-corrected chi connectivity index (χ3v) is 4.50. The van der Waals surface area contributed by atoms with E-state index in [1.807, 2.05) is 0 Å². The molecule has 0 heterocycles. The number of rotatable bonds is 20. The van der Waals surface area contributed by atoms with Gasteiger partial charge in [0.1, 0.15) is 6.61 Å². The van der Waals surface area contributed by atoms with Gasteiger partial charge in [0.05, 0.1) is 7.98 Å². The molecule has 0 aliphatic rings. The number of carbonyl (C=O) groups excluding carboxylic acids is 2. The lowest BCUT2D eigenvalue weighted by molar-refractivity contribution is -0.159. The van der Waals surface area contributed by atoms with Crippen LogP contribution in [0, 0.1) is 0 Å². The highest BCUT2D eigenvalue weighted by molar-refractivity contribution is 5.67. The summed E-state index contributed by atoms with van der Waals surface area (Å²) >= 11 is 0. The fourth-order valence-electron chi connectivity index (χ4n) is 2.96. The summed E-state index contributed by atoms with van der Waals surface area (Å²) < 4.78 is 31.3. The molecule has 5 nitrogen and oxygen atoms in total. The molecule has 28 heavy (non-hydrogen) atoms. The SMILES string of the molecule is [3H]C(CCCCCCCCCCCCCC)C([3H])OC[C@H](COC(C)=O)OC(C)=O. The van der Waals surface area contributed by atoms with E-state index >= 15 is 0 Å². The highest BCUT2D eigenvalue weighted by Gasteiger charge is 2.14. The Hall–Kier alpha value is -1.10. The van der Waals surface area contributed by atoms with Crippen LogP contribution in [0.25, 0.3) is 0 Å². The van der Waals surface area contributed by atoms with Crippen molar-refractivity contribution in [3.05, 3.63) is 0 Å². The van der Waals surface area contributed by atoms with Gasteiger partial charge in [-0.3, -0.25) is 9.59 Å². The number of esters is 2. The molecule has 0 saturated carbocycles. The Bertz CT molecular complexity index is 434. The predicted molar refractivity (Wildman–Crippen MR) is 113 cm³/mol. The zero-order valence-electron chi connectivity index (χ0n) is 20.4. The second kappa shape index (κ2) is 20.6. The van der Waals surface area contributed by atoms with Crippen molar-refractivity contribution in [2.75, 3.05) is 19.8 Å². The van der Waals surface area contributed by atoms with Crippen LogP contribution in [-0.4, -0.2) is 37.8 Å². The first-order valence-electron chi connectivity index (χ1n) is 12.3. The first-order chi connectivity index (χ1) is 14.4. The van der Waals surface area contributed by atoms with Gasteiger partial charge in [0, 0.05) is 21.8 Å². The summed E-state index contributed by atoms with van der Waals surface area (Å²) in [5.74, 6) is -0.976. The normalized spacial score (nSPS) is 15.2. The van der Waals surface area contributed by atoms with Crippen LogP contribution in [0.4, 0.5) is 0 Å². The Kier molecular flexibility index (Phi) is 17.1. The van der Waals surface area contributed by atoms with Crippen LogP contribution in [0.15, 0.2) is 0 Å². The summed E-state index contributed by atoms with van der Waals surface area (Å²) in [6.07, 6.45) is 14.4. The molecule has 0 rings (SSSR count). The van der Waals surface area contributed by atoms with Gasteiger partial charge >= 0.3 is 11.9 Å². The molecular formula is C23H44O5. The Morgan fingerprint density at radius 2 is 1.25 bits per heavy atom. The minimum Gasteiger partial charge on any atom is -0.462 e. The first-order valence-corrected chi connectivity index (χ1v) is 11.1. The standard InChI is InChI=1S/C23H44O5/c1-4-5-6-7-8-9-10-11-12-13-14-15-16-17-18-26-19-23(28-22(3)25)20-27-21(2)24/h23H,4-20H2,1-3H3/t23-/m1/s1/i17T,18T/t17?,18?,23-. The van der Waals surface area contributed by atoms with E-state index in [4.69, 9.17) is 17.0 Å². The van der Waals surface area contributed by atoms with Crippen molar-refractivity contribution in [1.29, 1.82) is 0 Å². The smallest absolute Gasteiger partial charge is 0.303 e. The number of unbranched alkanes of at least 4 members (excludes halogenated alkanes) is 11. The van der Waals surface area contributed by atoms with Crippen LogP contribution in [0.3, 0.4) is 0 Å². The third kappa shape index (κ3) is 21.2. The monoisotopic (exact) mass is 404 g/mol. The summed E-state index contributed by atoms with van der Waals surface area (Å²) in [7, 11) is 0. The minimum absolute atomic E-state index is 0.0607. The van der Waals surface area contributed by atoms with Gasteiger partial charge in [0.15, 0.2) is 6.10 Å². The van der Waals surface area contributed by atoms with Crippen molar-refractivity contribution in [1.82, 2.24) is 0 Å². The fraction of sp³-hybridized carbons (Fsp3) is 0.913. The van der Waals surface area contributed by atoms with Gasteiger partial charge in [0.25, 0.3) is 0 Å². The molecule has 0 spiro atoms. The Morgan fingerprint density at radius 1 is 0.750 bits per heavy atom. The lowest BCUT2D eigenvalue weighted by Gasteiger charge is -2.16. The van der Waals surface area contributed by atoms with Gasteiger partial charge in [-0.15, -0.1) is 0 Å². The second-order valence-corrected chi connectivity index (χ2v) is 7.42. The van der Waals surface area contributed by atoms with Crippen molar-refractivity contribution >= 4 is 11.9 Å². The van der Waals surface area contributed by atoms with Crippen LogP contribution < -0.4 is 0 Å². The maximum atomic E-state index is 11.1.